The smallest absolute Gasteiger partial charge is 0.308 e. The minimum Gasteiger partial charge on any atom is -0.466 e. The first-order chi connectivity index (χ1) is 13.0. The van der Waals surface area contributed by atoms with E-state index in [4.69, 9.17) is 4.74 Å². The van der Waals surface area contributed by atoms with Crippen LogP contribution < -0.4 is 5.32 Å². The van der Waals surface area contributed by atoms with Gasteiger partial charge in [-0.2, -0.15) is 0 Å². The maximum Gasteiger partial charge on any atom is 0.308 e. The van der Waals surface area contributed by atoms with Gasteiger partial charge in [-0.3, -0.25) is 14.6 Å². The molecule has 1 heterocycles. The summed E-state index contributed by atoms with van der Waals surface area (Å²) in [7, 11) is 0. The van der Waals surface area contributed by atoms with Crippen molar-refractivity contribution < 1.29 is 18.7 Å². The second-order valence-electron chi connectivity index (χ2n) is 6.06. The number of halogens is 1. The lowest BCUT2D eigenvalue weighted by molar-refractivity contribution is -0.143. The molecule has 0 saturated carbocycles. The SMILES string of the molecule is C=C(CCc1ccc(F)cc1)C(CC(=O)OCC)NC(=O)c1cccnc1. The van der Waals surface area contributed by atoms with Crippen molar-refractivity contribution >= 4 is 11.9 Å². The summed E-state index contributed by atoms with van der Waals surface area (Å²) in [5.41, 5.74) is 2.05. The number of carbonyl (C=O) groups excluding carboxylic acids is 2. The van der Waals surface area contributed by atoms with Crippen LogP contribution in [0.25, 0.3) is 0 Å². The van der Waals surface area contributed by atoms with Crippen LogP contribution in [-0.4, -0.2) is 29.5 Å². The molecule has 0 aliphatic heterocycles. The third-order valence-electron chi connectivity index (χ3n) is 4.05. The molecule has 1 atom stereocenters. The molecule has 2 aromatic rings. The fraction of sp³-hybridized carbons (Fsp3) is 0.286. The molecule has 0 saturated heterocycles. The van der Waals surface area contributed by atoms with E-state index in [9.17, 15) is 14.0 Å². The van der Waals surface area contributed by atoms with Crippen LogP contribution in [-0.2, 0) is 16.0 Å². The van der Waals surface area contributed by atoms with Crippen molar-refractivity contribution in [2.24, 2.45) is 0 Å². The molecule has 1 amide bonds. The molecule has 2 rings (SSSR count). The van der Waals surface area contributed by atoms with Gasteiger partial charge in [-0.25, -0.2) is 4.39 Å². The highest BCUT2D eigenvalue weighted by Gasteiger charge is 2.21. The highest BCUT2D eigenvalue weighted by atomic mass is 19.1. The molecule has 1 aromatic heterocycles. The van der Waals surface area contributed by atoms with Crippen LogP contribution in [0.1, 0.15) is 35.7 Å². The van der Waals surface area contributed by atoms with E-state index in [2.05, 4.69) is 16.9 Å². The van der Waals surface area contributed by atoms with E-state index < -0.39 is 12.0 Å². The predicted octanol–water partition coefficient (Wildman–Crippen LogP) is 3.46. The Balaban J connectivity index is 2.03. The van der Waals surface area contributed by atoms with Gasteiger partial charge in [-0.15, -0.1) is 0 Å². The third kappa shape index (κ3) is 6.66. The highest BCUT2D eigenvalue weighted by molar-refractivity contribution is 5.94. The summed E-state index contributed by atoms with van der Waals surface area (Å²) in [5, 5.41) is 2.83. The van der Waals surface area contributed by atoms with Gasteiger partial charge in [0.2, 0.25) is 0 Å². The fourth-order valence-corrected chi connectivity index (χ4v) is 2.55. The van der Waals surface area contributed by atoms with Crippen molar-refractivity contribution in [3.05, 3.63) is 77.9 Å². The van der Waals surface area contributed by atoms with E-state index in [0.29, 0.717) is 24.0 Å². The average molecular weight is 370 g/mol. The first-order valence-corrected chi connectivity index (χ1v) is 8.78. The van der Waals surface area contributed by atoms with E-state index in [-0.39, 0.29) is 24.8 Å². The Morgan fingerprint density at radius 1 is 1.26 bits per heavy atom. The van der Waals surface area contributed by atoms with Crippen molar-refractivity contribution in [1.29, 1.82) is 0 Å². The number of nitrogens with one attached hydrogen (secondary N) is 1. The monoisotopic (exact) mass is 370 g/mol. The summed E-state index contributed by atoms with van der Waals surface area (Å²) in [6.45, 7) is 6.03. The molecule has 1 aromatic carbocycles. The molecular weight excluding hydrogens is 347 g/mol. The number of rotatable bonds is 9. The number of nitrogens with zero attached hydrogens (tertiary/aromatic N) is 1. The van der Waals surface area contributed by atoms with Crippen LogP contribution in [0.4, 0.5) is 4.39 Å². The van der Waals surface area contributed by atoms with Gasteiger partial charge in [-0.05, 0) is 49.6 Å². The molecule has 0 bridgehead atoms. The summed E-state index contributed by atoms with van der Waals surface area (Å²) in [4.78, 5) is 28.3. The van der Waals surface area contributed by atoms with E-state index in [1.54, 1.807) is 37.4 Å². The summed E-state index contributed by atoms with van der Waals surface area (Å²) >= 11 is 0. The Morgan fingerprint density at radius 3 is 2.63 bits per heavy atom. The topological polar surface area (TPSA) is 68.3 Å². The fourth-order valence-electron chi connectivity index (χ4n) is 2.55. The molecule has 0 aliphatic carbocycles. The lowest BCUT2D eigenvalue weighted by Crippen LogP contribution is -2.38. The number of carbonyl (C=O) groups is 2. The molecular formula is C21H23FN2O3. The lowest BCUT2D eigenvalue weighted by atomic mass is 9.97. The lowest BCUT2D eigenvalue weighted by Gasteiger charge is -2.20. The zero-order valence-electron chi connectivity index (χ0n) is 15.3. The summed E-state index contributed by atoms with van der Waals surface area (Å²) in [6.07, 6.45) is 4.21. The van der Waals surface area contributed by atoms with Crippen LogP contribution in [0.3, 0.4) is 0 Å². The van der Waals surface area contributed by atoms with E-state index in [0.717, 1.165) is 5.56 Å². The first-order valence-electron chi connectivity index (χ1n) is 8.78. The maximum absolute atomic E-state index is 13.0. The largest absolute Gasteiger partial charge is 0.466 e. The standard InChI is InChI=1S/C21H23FN2O3/c1-3-27-20(25)13-19(24-21(26)17-5-4-12-23-14-17)15(2)6-7-16-8-10-18(22)11-9-16/h4-5,8-12,14,19H,2-3,6-7,13H2,1H3,(H,24,26). The van der Waals surface area contributed by atoms with Crippen molar-refractivity contribution in [1.82, 2.24) is 10.3 Å². The number of aryl methyl sites for hydroxylation is 1. The van der Waals surface area contributed by atoms with Crippen LogP contribution in [0, 0.1) is 5.82 Å². The molecule has 1 N–H and O–H groups in total. The number of hydrogen-bond acceptors (Lipinski definition) is 4. The van der Waals surface area contributed by atoms with Crippen molar-refractivity contribution in [2.75, 3.05) is 6.61 Å². The Bertz CT molecular complexity index is 776. The minimum absolute atomic E-state index is 0.00208. The van der Waals surface area contributed by atoms with Crippen molar-refractivity contribution in [3.8, 4) is 0 Å². The summed E-state index contributed by atoms with van der Waals surface area (Å²) in [5.74, 6) is -1.03. The summed E-state index contributed by atoms with van der Waals surface area (Å²) < 4.78 is 18.0. The van der Waals surface area contributed by atoms with E-state index in [1.807, 2.05) is 0 Å². The zero-order valence-corrected chi connectivity index (χ0v) is 15.3. The van der Waals surface area contributed by atoms with Crippen LogP contribution >= 0.6 is 0 Å². The van der Waals surface area contributed by atoms with Gasteiger partial charge in [-0.1, -0.05) is 24.3 Å². The number of benzene rings is 1. The predicted molar refractivity (Wildman–Crippen MR) is 101 cm³/mol. The van der Waals surface area contributed by atoms with E-state index >= 15 is 0 Å². The Kier molecular flexibility index (Phi) is 7.67. The molecule has 142 valence electrons. The quantitative estimate of drug-likeness (QED) is 0.542. The third-order valence-corrected chi connectivity index (χ3v) is 4.05. The van der Waals surface area contributed by atoms with Gasteiger partial charge in [0.15, 0.2) is 0 Å². The van der Waals surface area contributed by atoms with Crippen molar-refractivity contribution in [2.45, 2.75) is 32.2 Å². The molecule has 5 nitrogen and oxygen atoms in total. The van der Waals surface area contributed by atoms with Gasteiger partial charge >= 0.3 is 5.97 Å². The van der Waals surface area contributed by atoms with Crippen LogP contribution in [0.2, 0.25) is 0 Å². The second kappa shape index (κ2) is 10.2. The molecule has 6 heteroatoms. The zero-order chi connectivity index (χ0) is 19.6. The normalized spacial score (nSPS) is 11.5. The second-order valence-corrected chi connectivity index (χ2v) is 6.06. The maximum atomic E-state index is 13.0. The number of amides is 1. The van der Waals surface area contributed by atoms with Crippen molar-refractivity contribution in [3.63, 3.8) is 0 Å². The van der Waals surface area contributed by atoms with Crippen LogP contribution in [0.15, 0.2) is 60.9 Å². The first kappa shape index (κ1) is 20.3. The molecule has 0 radical (unpaired) electrons. The Labute approximate surface area is 158 Å². The van der Waals surface area contributed by atoms with Gasteiger partial charge < -0.3 is 10.1 Å². The molecule has 0 spiro atoms. The van der Waals surface area contributed by atoms with Gasteiger partial charge in [0.25, 0.3) is 5.91 Å². The number of hydrogen-bond donors (Lipinski definition) is 1. The number of ether oxygens (including phenoxy) is 1. The average Bonchev–Trinajstić information content (AvgIpc) is 2.67. The van der Waals surface area contributed by atoms with Gasteiger partial charge in [0.1, 0.15) is 5.82 Å². The van der Waals surface area contributed by atoms with Gasteiger partial charge in [0.05, 0.1) is 24.6 Å². The number of esters is 1. The molecule has 27 heavy (non-hydrogen) atoms. The van der Waals surface area contributed by atoms with E-state index in [1.165, 1.54) is 18.3 Å². The Hall–Kier alpha value is -3.02. The number of aromatic nitrogens is 1. The van der Waals surface area contributed by atoms with Crippen LogP contribution in [0.5, 0.6) is 0 Å². The summed E-state index contributed by atoms with van der Waals surface area (Å²) in [6, 6.07) is 8.96. The molecule has 0 fully saturated rings. The minimum atomic E-state index is -0.558. The number of pyridine rings is 1. The highest BCUT2D eigenvalue weighted by Crippen LogP contribution is 2.15. The molecule has 0 aliphatic rings. The molecule has 1 unspecified atom stereocenters. The van der Waals surface area contributed by atoms with Gasteiger partial charge in [0, 0.05) is 12.4 Å². The Morgan fingerprint density at radius 2 is 2.00 bits per heavy atom.